The highest BCUT2D eigenvalue weighted by Crippen LogP contribution is 2.35. The van der Waals surface area contributed by atoms with Crippen molar-refractivity contribution < 1.29 is 14.6 Å². The summed E-state index contributed by atoms with van der Waals surface area (Å²) in [6, 6.07) is 14.4. The molecule has 5 nitrogen and oxygen atoms in total. The number of thioether (sulfide) groups is 1. The van der Waals surface area contributed by atoms with E-state index in [0.29, 0.717) is 28.8 Å². The van der Waals surface area contributed by atoms with Crippen molar-refractivity contribution in [2.45, 2.75) is 13.8 Å². The van der Waals surface area contributed by atoms with Crippen molar-refractivity contribution >= 4 is 34.6 Å². The van der Waals surface area contributed by atoms with Crippen LogP contribution in [0.1, 0.15) is 19.4 Å². The first-order chi connectivity index (χ1) is 12.6. The number of phenols is 1. The Hall–Kier alpha value is -2.73. The third-order valence-corrected chi connectivity index (χ3v) is 4.81. The van der Waals surface area contributed by atoms with Crippen LogP contribution in [0.3, 0.4) is 0 Å². The number of carbonyl (C=O) groups is 1. The van der Waals surface area contributed by atoms with Gasteiger partial charge in [0.2, 0.25) is 0 Å². The fourth-order valence-corrected chi connectivity index (χ4v) is 3.57. The summed E-state index contributed by atoms with van der Waals surface area (Å²) in [5.74, 6) is 0.831. The van der Waals surface area contributed by atoms with Crippen LogP contribution in [-0.2, 0) is 4.79 Å². The molecule has 1 heterocycles. The minimum absolute atomic E-state index is 0.106. The molecule has 0 spiro atoms. The number of ether oxygens (including phenoxy) is 1. The Labute approximate surface area is 157 Å². The number of hydrogen-bond donors (Lipinski definition) is 1. The van der Waals surface area contributed by atoms with E-state index in [1.54, 1.807) is 29.2 Å². The van der Waals surface area contributed by atoms with Gasteiger partial charge in [0, 0.05) is 12.1 Å². The van der Waals surface area contributed by atoms with Crippen molar-refractivity contribution in [3.8, 4) is 11.5 Å². The number of carbonyl (C=O) groups excluding carboxylic acids is 1. The standard InChI is InChI=1S/C20H20N2O3S/c1-3-22-19(24)18(13-14-7-5-6-8-17(14)23)26-20(22)21-15-9-11-16(12-10-15)25-4-2/h5-13,23H,3-4H2,1-2H3/b18-13+,21-20?. The van der Waals surface area contributed by atoms with Gasteiger partial charge in [0.15, 0.2) is 5.17 Å². The van der Waals surface area contributed by atoms with Gasteiger partial charge in [0.1, 0.15) is 11.5 Å². The molecule has 0 saturated carbocycles. The molecule has 0 aromatic heterocycles. The zero-order valence-electron chi connectivity index (χ0n) is 14.7. The molecule has 1 aliphatic rings. The van der Waals surface area contributed by atoms with Gasteiger partial charge in [-0.25, -0.2) is 4.99 Å². The average molecular weight is 368 g/mol. The summed E-state index contributed by atoms with van der Waals surface area (Å²) in [7, 11) is 0. The Kier molecular flexibility index (Phi) is 5.63. The number of nitrogens with zero attached hydrogens (tertiary/aromatic N) is 2. The first-order valence-corrected chi connectivity index (χ1v) is 9.25. The second kappa shape index (κ2) is 8.10. The lowest BCUT2D eigenvalue weighted by Crippen LogP contribution is -2.28. The predicted molar refractivity (Wildman–Crippen MR) is 106 cm³/mol. The van der Waals surface area contributed by atoms with Crippen molar-refractivity contribution in [1.29, 1.82) is 0 Å². The molecule has 0 radical (unpaired) electrons. The van der Waals surface area contributed by atoms with Gasteiger partial charge in [-0.1, -0.05) is 18.2 Å². The van der Waals surface area contributed by atoms with Gasteiger partial charge in [0.05, 0.1) is 17.2 Å². The number of aromatic hydroxyl groups is 1. The van der Waals surface area contributed by atoms with E-state index in [0.717, 1.165) is 11.4 Å². The topological polar surface area (TPSA) is 62.1 Å². The van der Waals surface area contributed by atoms with Crippen LogP contribution in [0.5, 0.6) is 11.5 Å². The Morgan fingerprint density at radius 1 is 1.15 bits per heavy atom. The lowest BCUT2D eigenvalue weighted by atomic mass is 10.2. The molecule has 1 fully saturated rings. The van der Waals surface area contributed by atoms with Gasteiger partial charge in [-0.2, -0.15) is 0 Å². The maximum Gasteiger partial charge on any atom is 0.266 e. The SMILES string of the molecule is CCOc1ccc(N=C2S/C(=C/c3ccccc3O)C(=O)N2CC)cc1. The highest BCUT2D eigenvalue weighted by Gasteiger charge is 2.32. The summed E-state index contributed by atoms with van der Waals surface area (Å²) in [5.41, 5.74) is 1.37. The van der Waals surface area contributed by atoms with Crippen LogP contribution >= 0.6 is 11.8 Å². The normalized spacial score (nSPS) is 17.3. The molecule has 0 atom stereocenters. The van der Waals surface area contributed by atoms with Crippen molar-refractivity contribution in [2.24, 2.45) is 4.99 Å². The van der Waals surface area contributed by atoms with E-state index in [2.05, 4.69) is 4.99 Å². The van der Waals surface area contributed by atoms with Crippen LogP contribution in [-0.4, -0.2) is 34.2 Å². The molecule has 6 heteroatoms. The van der Waals surface area contributed by atoms with Crippen LogP contribution in [0.4, 0.5) is 5.69 Å². The first-order valence-electron chi connectivity index (χ1n) is 8.43. The van der Waals surface area contributed by atoms with E-state index < -0.39 is 0 Å². The predicted octanol–water partition coefficient (Wildman–Crippen LogP) is 4.41. The number of hydrogen-bond acceptors (Lipinski definition) is 5. The first kappa shape index (κ1) is 18.1. The molecule has 2 aromatic rings. The van der Waals surface area contributed by atoms with E-state index in [1.165, 1.54) is 11.8 Å². The molecular weight excluding hydrogens is 348 g/mol. The number of amides is 1. The van der Waals surface area contributed by atoms with Crippen molar-refractivity contribution in [3.05, 3.63) is 59.0 Å². The number of aliphatic imine (C=N–C) groups is 1. The number of amidine groups is 1. The van der Waals surface area contributed by atoms with E-state index >= 15 is 0 Å². The minimum atomic E-state index is -0.106. The third kappa shape index (κ3) is 3.91. The Morgan fingerprint density at radius 3 is 2.54 bits per heavy atom. The monoisotopic (exact) mass is 368 g/mol. The van der Waals surface area contributed by atoms with Gasteiger partial charge in [-0.15, -0.1) is 0 Å². The number of phenolic OH excluding ortho intramolecular Hbond substituents is 1. The molecule has 134 valence electrons. The van der Waals surface area contributed by atoms with Gasteiger partial charge in [-0.3, -0.25) is 9.69 Å². The summed E-state index contributed by atoms with van der Waals surface area (Å²) in [4.78, 5) is 19.4. The summed E-state index contributed by atoms with van der Waals surface area (Å²) >= 11 is 1.31. The smallest absolute Gasteiger partial charge is 0.266 e. The average Bonchev–Trinajstić information content (AvgIpc) is 2.93. The van der Waals surface area contributed by atoms with Crippen LogP contribution in [0.25, 0.3) is 6.08 Å². The quantitative estimate of drug-likeness (QED) is 0.794. The summed E-state index contributed by atoms with van der Waals surface area (Å²) in [6.45, 7) is 4.99. The van der Waals surface area contributed by atoms with Crippen LogP contribution in [0.15, 0.2) is 58.4 Å². The van der Waals surface area contributed by atoms with Crippen molar-refractivity contribution in [1.82, 2.24) is 4.90 Å². The van der Waals surface area contributed by atoms with Crippen LogP contribution in [0.2, 0.25) is 0 Å². The molecule has 0 unspecified atom stereocenters. The van der Waals surface area contributed by atoms with E-state index in [9.17, 15) is 9.90 Å². The molecule has 1 amide bonds. The van der Waals surface area contributed by atoms with E-state index in [1.807, 2.05) is 44.2 Å². The summed E-state index contributed by atoms with van der Waals surface area (Å²) < 4.78 is 5.43. The molecule has 3 rings (SSSR count). The van der Waals surface area contributed by atoms with E-state index in [-0.39, 0.29) is 11.7 Å². The minimum Gasteiger partial charge on any atom is -0.507 e. The highest BCUT2D eigenvalue weighted by atomic mass is 32.2. The van der Waals surface area contributed by atoms with Gasteiger partial charge < -0.3 is 9.84 Å². The highest BCUT2D eigenvalue weighted by molar-refractivity contribution is 8.18. The largest absolute Gasteiger partial charge is 0.507 e. The van der Waals surface area contributed by atoms with Gasteiger partial charge in [-0.05, 0) is 62.0 Å². The Balaban J connectivity index is 1.88. The second-order valence-corrected chi connectivity index (χ2v) is 6.55. The number of benzene rings is 2. The molecule has 1 aliphatic heterocycles. The third-order valence-electron chi connectivity index (χ3n) is 3.80. The zero-order valence-corrected chi connectivity index (χ0v) is 15.5. The number of likely N-dealkylation sites (N-methyl/N-ethyl adjacent to an activating group) is 1. The summed E-state index contributed by atoms with van der Waals surface area (Å²) in [6.07, 6.45) is 1.70. The van der Waals surface area contributed by atoms with Crippen LogP contribution in [0, 0.1) is 0 Å². The number of rotatable bonds is 5. The van der Waals surface area contributed by atoms with Gasteiger partial charge in [0.25, 0.3) is 5.91 Å². The molecule has 26 heavy (non-hydrogen) atoms. The Bertz CT molecular complexity index is 860. The van der Waals surface area contributed by atoms with Crippen LogP contribution < -0.4 is 4.74 Å². The lowest BCUT2D eigenvalue weighted by molar-refractivity contribution is -0.122. The fourth-order valence-electron chi connectivity index (χ4n) is 2.52. The van der Waals surface area contributed by atoms with E-state index in [4.69, 9.17) is 4.74 Å². The molecule has 1 N–H and O–H groups in total. The summed E-state index contributed by atoms with van der Waals surface area (Å²) in [5, 5.41) is 10.6. The second-order valence-electron chi connectivity index (χ2n) is 5.54. The zero-order chi connectivity index (χ0) is 18.5. The number of para-hydroxylation sites is 1. The lowest BCUT2D eigenvalue weighted by Gasteiger charge is -2.12. The molecule has 0 bridgehead atoms. The molecule has 0 aliphatic carbocycles. The molecule has 1 saturated heterocycles. The Morgan fingerprint density at radius 2 is 1.88 bits per heavy atom. The fraction of sp³-hybridized carbons (Fsp3) is 0.200. The molecule has 2 aromatic carbocycles. The molecular formula is C20H20N2O3S. The van der Waals surface area contributed by atoms with Crippen molar-refractivity contribution in [3.63, 3.8) is 0 Å². The maximum atomic E-state index is 12.6. The van der Waals surface area contributed by atoms with Gasteiger partial charge >= 0.3 is 0 Å². The van der Waals surface area contributed by atoms with Crippen molar-refractivity contribution in [2.75, 3.05) is 13.2 Å². The maximum absolute atomic E-state index is 12.6.